The first-order chi connectivity index (χ1) is 12.0. The Morgan fingerprint density at radius 2 is 1.80 bits per heavy atom. The highest BCUT2D eigenvalue weighted by atomic mass is 35.5. The van der Waals surface area contributed by atoms with E-state index in [2.05, 4.69) is 10.9 Å². The molecule has 2 aromatic carbocycles. The monoisotopic (exact) mass is 361 g/mol. The molecule has 0 saturated carbocycles. The van der Waals surface area contributed by atoms with Crippen molar-refractivity contribution >= 4 is 35.0 Å². The van der Waals surface area contributed by atoms with Crippen molar-refractivity contribution in [3.05, 3.63) is 64.9 Å². The zero-order valence-electron chi connectivity index (χ0n) is 12.8. The molecule has 1 heterocycles. The van der Waals surface area contributed by atoms with Gasteiger partial charge in [0.25, 0.3) is 11.8 Å². The summed E-state index contributed by atoms with van der Waals surface area (Å²) in [5, 5.41) is 0.481. The fraction of sp³-hybridized carbons (Fsp3) is 0.118. The van der Waals surface area contributed by atoms with E-state index in [0.29, 0.717) is 10.7 Å². The molecule has 0 bridgehead atoms. The first-order valence-electron chi connectivity index (χ1n) is 7.40. The van der Waals surface area contributed by atoms with Gasteiger partial charge in [0.1, 0.15) is 11.9 Å². The van der Waals surface area contributed by atoms with Crippen LogP contribution in [-0.4, -0.2) is 23.8 Å². The molecule has 0 radical (unpaired) electrons. The lowest BCUT2D eigenvalue weighted by atomic mass is 10.2. The average Bonchev–Trinajstić information content (AvgIpc) is 2.88. The highest BCUT2D eigenvalue weighted by Crippen LogP contribution is 2.24. The fourth-order valence-electron chi connectivity index (χ4n) is 2.47. The Morgan fingerprint density at radius 3 is 2.48 bits per heavy atom. The highest BCUT2D eigenvalue weighted by molar-refractivity contribution is 6.30. The summed E-state index contributed by atoms with van der Waals surface area (Å²) in [6.07, 6.45) is -0.126. The van der Waals surface area contributed by atoms with Gasteiger partial charge in [0, 0.05) is 5.02 Å². The maximum absolute atomic E-state index is 13.6. The predicted octanol–water partition coefficient (Wildman–Crippen LogP) is 2.05. The lowest BCUT2D eigenvalue weighted by Crippen LogP contribution is -2.48. The molecule has 0 spiro atoms. The molecule has 3 rings (SSSR count). The predicted molar refractivity (Wildman–Crippen MR) is 89.4 cm³/mol. The van der Waals surface area contributed by atoms with E-state index in [4.69, 9.17) is 11.6 Å². The van der Waals surface area contributed by atoms with Crippen LogP contribution in [0.1, 0.15) is 16.8 Å². The van der Waals surface area contributed by atoms with Crippen LogP contribution in [0, 0.1) is 5.82 Å². The summed E-state index contributed by atoms with van der Waals surface area (Å²) in [6, 6.07) is 10.8. The number of amides is 3. The minimum Gasteiger partial charge on any atom is -0.287 e. The minimum absolute atomic E-state index is 0.126. The molecule has 1 unspecified atom stereocenters. The number of benzene rings is 2. The van der Waals surface area contributed by atoms with Crippen molar-refractivity contribution in [2.75, 3.05) is 4.90 Å². The number of carbonyl (C=O) groups is 3. The van der Waals surface area contributed by atoms with Crippen LogP contribution in [0.3, 0.4) is 0 Å². The van der Waals surface area contributed by atoms with Crippen LogP contribution in [0.2, 0.25) is 5.02 Å². The summed E-state index contributed by atoms with van der Waals surface area (Å²) in [7, 11) is 0. The number of nitrogens with zero attached hydrogens (tertiary/aromatic N) is 1. The molecule has 2 N–H and O–H groups in total. The van der Waals surface area contributed by atoms with Crippen molar-refractivity contribution in [1.29, 1.82) is 0 Å². The van der Waals surface area contributed by atoms with Gasteiger partial charge in [-0.15, -0.1) is 0 Å². The third-order valence-corrected chi connectivity index (χ3v) is 3.96. The summed E-state index contributed by atoms with van der Waals surface area (Å²) >= 11 is 5.80. The van der Waals surface area contributed by atoms with Gasteiger partial charge in [0.05, 0.1) is 17.7 Å². The number of hydrazine groups is 1. The molecule has 6 nitrogen and oxygen atoms in total. The van der Waals surface area contributed by atoms with Crippen molar-refractivity contribution in [1.82, 2.24) is 10.9 Å². The average molecular weight is 362 g/mol. The van der Waals surface area contributed by atoms with Crippen LogP contribution in [0.4, 0.5) is 10.1 Å². The Bertz CT molecular complexity index is 841. The number of carbonyl (C=O) groups excluding carboxylic acids is 3. The van der Waals surface area contributed by atoms with Crippen molar-refractivity contribution in [2.45, 2.75) is 12.5 Å². The van der Waals surface area contributed by atoms with E-state index in [1.165, 1.54) is 18.2 Å². The van der Waals surface area contributed by atoms with Gasteiger partial charge < -0.3 is 0 Å². The second-order valence-electron chi connectivity index (χ2n) is 5.38. The first kappa shape index (κ1) is 17.1. The van der Waals surface area contributed by atoms with Gasteiger partial charge in [-0.3, -0.25) is 19.8 Å². The molecule has 0 aliphatic carbocycles. The molecule has 1 fully saturated rings. The maximum atomic E-state index is 13.6. The van der Waals surface area contributed by atoms with Gasteiger partial charge in [0.15, 0.2) is 0 Å². The second-order valence-corrected chi connectivity index (χ2v) is 5.82. The van der Waals surface area contributed by atoms with Gasteiger partial charge in [-0.2, -0.15) is 0 Å². The molecule has 2 aromatic rings. The SMILES string of the molecule is O=C(NNC1CC(=O)N(c2ccc(Cl)cc2)C1=O)c1ccccc1F. The van der Waals surface area contributed by atoms with Crippen LogP contribution in [0.25, 0.3) is 0 Å². The number of nitrogens with one attached hydrogen (secondary N) is 2. The minimum atomic E-state index is -0.932. The number of rotatable bonds is 4. The third-order valence-electron chi connectivity index (χ3n) is 3.71. The number of hydrogen-bond acceptors (Lipinski definition) is 4. The first-order valence-corrected chi connectivity index (χ1v) is 7.78. The number of halogens is 2. The number of hydrogen-bond donors (Lipinski definition) is 2. The molecule has 25 heavy (non-hydrogen) atoms. The maximum Gasteiger partial charge on any atom is 0.268 e. The quantitative estimate of drug-likeness (QED) is 0.645. The lowest BCUT2D eigenvalue weighted by Gasteiger charge is -2.16. The van der Waals surface area contributed by atoms with Crippen LogP contribution in [-0.2, 0) is 9.59 Å². The summed E-state index contributed by atoms with van der Waals surface area (Å²) in [6.45, 7) is 0. The Morgan fingerprint density at radius 1 is 1.12 bits per heavy atom. The molecular formula is C17H13ClFN3O3. The van der Waals surface area contributed by atoms with E-state index in [1.807, 2.05) is 0 Å². The van der Waals surface area contributed by atoms with Gasteiger partial charge in [0.2, 0.25) is 5.91 Å². The van der Waals surface area contributed by atoms with Crippen LogP contribution < -0.4 is 15.8 Å². The summed E-state index contributed by atoms with van der Waals surface area (Å²) in [5.41, 5.74) is 4.99. The normalized spacial score (nSPS) is 17.0. The standard InChI is InChI=1S/C17H13ClFN3O3/c18-10-5-7-11(8-6-10)22-15(23)9-14(17(22)25)20-21-16(24)12-3-1-2-4-13(12)19/h1-8,14,20H,9H2,(H,21,24). The fourth-order valence-corrected chi connectivity index (χ4v) is 2.60. The zero-order valence-corrected chi connectivity index (χ0v) is 13.6. The van der Waals surface area contributed by atoms with E-state index < -0.39 is 29.6 Å². The lowest BCUT2D eigenvalue weighted by molar-refractivity contribution is -0.121. The summed E-state index contributed by atoms with van der Waals surface area (Å²) in [4.78, 5) is 37.5. The van der Waals surface area contributed by atoms with Crippen molar-refractivity contribution in [2.24, 2.45) is 0 Å². The number of anilines is 1. The molecule has 0 aromatic heterocycles. The van der Waals surface area contributed by atoms with E-state index in [-0.39, 0.29) is 12.0 Å². The topological polar surface area (TPSA) is 78.5 Å². The van der Waals surface area contributed by atoms with Gasteiger partial charge >= 0.3 is 0 Å². The Balaban J connectivity index is 1.67. The van der Waals surface area contributed by atoms with Gasteiger partial charge in [-0.1, -0.05) is 23.7 Å². The third kappa shape index (κ3) is 3.52. The Kier molecular flexibility index (Phi) is 4.78. The molecule has 1 saturated heterocycles. The van der Waals surface area contributed by atoms with Gasteiger partial charge in [-0.25, -0.2) is 14.7 Å². The molecule has 8 heteroatoms. The van der Waals surface area contributed by atoms with Crippen molar-refractivity contribution < 1.29 is 18.8 Å². The van der Waals surface area contributed by atoms with E-state index >= 15 is 0 Å². The highest BCUT2D eigenvalue weighted by Gasteiger charge is 2.39. The molecular weight excluding hydrogens is 349 g/mol. The molecule has 1 aliphatic rings. The molecule has 1 atom stereocenters. The van der Waals surface area contributed by atoms with Crippen molar-refractivity contribution in [3.63, 3.8) is 0 Å². The largest absolute Gasteiger partial charge is 0.287 e. The van der Waals surface area contributed by atoms with E-state index in [9.17, 15) is 18.8 Å². The van der Waals surface area contributed by atoms with Crippen LogP contribution in [0.15, 0.2) is 48.5 Å². The molecule has 128 valence electrons. The zero-order chi connectivity index (χ0) is 18.0. The molecule has 3 amide bonds. The summed E-state index contributed by atoms with van der Waals surface area (Å²) in [5.74, 6) is -2.34. The summed E-state index contributed by atoms with van der Waals surface area (Å²) < 4.78 is 13.6. The Hall–Kier alpha value is -2.77. The number of imide groups is 1. The van der Waals surface area contributed by atoms with Crippen LogP contribution >= 0.6 is 11.6 Å². The van der Waals surface area contributed by atoms with E-state index in [1.54, 1.807) is 24.3 Å². The van der Waals surface area contributed by atoms with Crippen molar-refractivity contribution in [3.8, 4) is 0 Å². The van der Waals surface area contributed by atoms with Crippen LogP contribution in [0.5, 0.6) is 0 Å². The van der Waals surface area contributed by atoms with E-state index in [0.717, 1.165) is 11.0 Å². The second kappa shape index (κ2) is 7.00. The molecule has 1 aliphatic heterocycles. The van der Waals surface area contributed by atoms with Gasteiger partial charge in [-0.05, 0) is 36.4 Å². The smallest absolute Gasteiger partial charge is 0.268 e. The Labute approximate surface area is 147 Å².